The molecule has 0 radical (unpaired) electrons. The molecule has 0 unspecified atom stereocenters. The molecule has 6 heteroatoms. The molecular formula is C36H27F5O. The molecule has 0 aliphatic rings. The van der Waals surface area contributed by atoms with Gasteiger partial charge in [-0.3, -0.25) is 0 Å². The zero-order valence-electron chi connectivity index (χ0n) is 22.8. The van der Waals surface area contributed by atoms with Gasteiger partial charge in [-0.2, -0.15) is 8.78 Å². The van der Waals surface area contributed by atoms with Crippen LogP contribution >= 0.6 is 0 Å². The van der Waals surface area contributed by atoms with E-state index in [9.17, 15) is 17.6 Å². The van der Waals surface area contributed by atoms with Crippen molar-refractivity contribution in [2.75, 3.05) is 0 Å². The lowest BCUT2D eigenvalue weighted by Crippen LogP contribution is -2.21. The molecule has 1 nitrogen and oxygen atoms in total. The van der Waals surface area contributed by atoms with E-state index < -0.39 is 29.1 Å². The molecule has 0 fully saturated rings. The first-order valence-corrected chi connectivity index (χ1v) is 13.5. The minimum absolute atomic E-state index is 0.125. The van der Waals surface area contributed by atoms with Crippen LogP contribution in [0, 0.1) is 17.5 Å². The summed E-state index contributed by atoms with van der Waals surface area (Å²) < 4.78 is 77.7. The van der Waals surface area contributed by atoms with Crippen molar-refractivity contribution in [3.63, 3.8) is 0 Å². The number of hydrogen-bond donors (Lipinski definition) is 0. The number of allylic oxidation sites excluding steroid dienone is 2. The van der Waals surface area contributed by atoms with Crippen LogP contribution in [-0.4, -0.2) is 0 Å². The highest BCUT2D eigenvalue weighted by Crippen LogP contribution is 2.36. The van der Waals surface area contributed by atoms with Gasteiger partial charge in [0.15, 0.2) is 0 Å². The zero-order chi connectivity index (χ0) is 29.7. The van der Waals surface area contributed by atoms with Gasteiger partial charge in [-0.15, -0.1) is 0 Å². The second kappa shape index (κ2) is 12.4. The van der Waals surface area contributed by atoms with Crippen LogP contribution in [0.2, 0.25) is 0 Å². The topological polar surface area (TPSA) is 9.23 Å². The Morgan fingerprint density at radius 3 is 1.76 bits per heavy atom. The number of alkyl halides is 2. The summed E-state index contributed by atoms with van der Waals surface area (Å²) in [5.74, 6) is -2.11. The van der Waals surface area contributed by atoms with E-state index >= 15 is 4.39 Å². The minimum atomic E-state index is -3.77. The van der Waals surface area contributed by atoms with Crippen molar-refractivity contribution in [3.05, 3.63) is 150 Å². The number of halogens is 5. The molecule has 0 heterocycles. The third-order valence-corrected chi connectivity index (χ3v) is 6.97. The smallest absolute Gasteiger partial charge is 0.426 e. The van der Waals surface area contributed by atoms with Gasteiger partial charge in [0.05, 0.1) is 5.56 Å². The first-order chi connectivity index (χ1) is 20.2. The van der Waals surface area contributed by atoms with Crippen LogP contribution in [-0.2, 0) is 12.5 Å². The molecule has 0 N–H and O–H groups in total. The Morgan fingerprint density at radius 2 is 1.17 bits per heavy atom. The molecule has 0 aliphatic heterocycles. The van der Waals surface area contributed by atoms with Crippen LogP contribution in [0.15, 0.2) is 121 Å². The fourth-order valence-electron chi connectivity index (χ4n) is 4.68. The summed E-state index contributed by atoms with van der Waals surface area (Å²) in [5, 5.41) is 0. The Hall–Kier alpha value is -4.71. The van der Waals surface area contributed by atoms with Gasteiger partial charge in [-0.05, 0) is 90.0 Å². The van der Waals surface area contributed by atoms with Gasteiger partial charge in [0.25, 0.3) is 0 Å². The lowest BCUT2D eigenvalue weighted by atomic mass is 9.97. The maximum Gasteiger partial charge on any atom is 0.426 e. The van der Waals surface area contributed by atoms with E-state index in [2.05, 4.69) is 6.08 Å². The lowest BCUT2D eigenvalue weighted by Gasteiger charge is -2.19. The molecule has 42 heavy (non-hydrogen) atoms. The Morgan fingerprint density at radius 1 is 0.619 bits per heavy atom. The van der Waals surface area contributed by atoms with E-state index in [0.717, 1.165) is 36.6 Å². The molecule has 0 atom stereocenters. The quantitative estimate of drug-likeness (QED) is 0.127. The number of rotatable bonds is 9. The van der Waals surface area contributed by atoms with Crippen LogP contribution in [0.4, 0.5) is 22.0 Å². The molecule has 0 saturated heterocycles. The van der Waals surface area contributed by atoms with E-state index in [-0.39, 0.29) is 16.9 Å². The predicted octanol–water partition coefficient (Wildman–Crippen LogP) is 10.7. The second-order valence-electron chi connectivity index (χ2n) is 9.84. The van der Waals surface area contributed by atoms with Crippen molar-refractivity contribution < 1.29 is 26.7 Å². The normalized spacial score (nSPS) is 11.7. The number of benzene rings is 5. The summed E-state index contributed by atoms with van der Waals surface area (Å²) in [5.41, 5.74) is 3.54. The van der Waals surface area contributed by atoms with Gasteiger partial charge in [0.2, 0.25) is 0 Å². The summed E-state index contributed by atoms with van der Waals surface area (Å²) >= 11 is 0. The Labute approximate surface area is 241 Å². The summed E-state index contributed by atoms with van der Waals surface area (Å²) in [4.78, 5) is 0. The first-order valence-electron chi connectivity index (χ1n) is 13.5. The predicted molar refractivity (Wildman–Crippen MR) is 157 cm³/mol. The summed E-state index contributed by atoms with van der Waals surface area (Å²) in [6.07, 6.45) is 2.25. The average molecular weight is 571 g/mol. The van der Waals surface area contributed by atoms with Crippen LogP contribution in [0.3, 0.4) is 0 Å². The van der Waals surface area contributed by atoms with E-state index in [1.807, 2.05) is 37.3 Å². The molecule has 0 spiro atoms. The van der Waals surface area contributed by atoms with Crippen molar-refractivity contribution in [1.82, 2.24) is 0 Å². The third kappa shape index (κ3) is 6.60. The molecule has 0 bridgehead atoms. The molecule has 0 aliphatic carbocycles. The minimum Gasteiger partial charge on any atom is -0.429 e. The maximum absolute atomic E-state index is 15.1. The Bertz CT molecular complexity index is 1690. The maximum atomic E-state index is 15.1. The second-order valence-corrected chi connectivity index (χ2v) is 9.84. The lowest BCUT2D eigenvalue weighted by molar-refractivity contribution is -0.185. The number of hydrogen-bond acceptors (Lipinski definition) is 1. The van der Waals surface area contributed by atoms with Crippen LogP contribution in [0.25, 0.3) is 33.4 Å². The van der Waals surface area contributed by atoms with Crippen LogP contribution < -0.4 is 4.74 Å². The van der Waals surface area contributed by atoms with Crippen LogP contribution in [0.1, 0.15) is 24.5 Å². The molecule has 0 amide bonds. The van der Waals surface area contributed by atoms with Crippen molar-refractivity contribution in [2.24, 2.45) is 0 Å². The Kier molecular flexibility index (Phi) is 8.53. The van der Waals surface area contributed by atoms with Gasteiger partial charge in [-0.1, -0.05) is 72.8 Å². The van der Waals surface area contributed by atoms with Gasteiger partial charge in [0.1, 0.15) is 23.2 Å². The van der Waals surface area contributed by atoms with E-state index in [1.165, 1.54) is 60.2 Å². The summed E-state index contributed by atoms with van der Waals surface area (Å²) in [7, 11) is 0. The van der Waals surface area contributed by atoms with Crippen molar-refractivity contribution in [3.8, 4) is 39.1 Å². The van der Waals surface area contributed by atoms with Crippen LogP contribution in [0.5, 0.6) is 5.75 Å². The van der Waals surface area contributed by atoms with Gasteiger partial charge in [0, 0.05) is 17.2 Å². The highest BCUT2D eigenvalue weighted by atomic mass is 19.3. The number of aryl methyl sites for hydroxylation is 1. The molecule has 212 valence electrons. The monoisotopic (exact) mass is 570 g/mol. The fourth-order valence-corrected chi connectivity index (χ4v) is 4.68. The van der Waals surface area contributed by atoms with E-state index in [4.69, 9.17) is 4.74 Å². The average Bonchev–Trinajstić information content (AvgIpc) is 2.98. The molecule has 5 aromatic rings. The first kappa shape index (κ1) is 28.8. The van der Waals surface area contributed by atoms with Crippen molar-refractivity contribution in [1.29, 1.82) is 0 Å². The summed E-state index contributed by atoms with van der Waals surface area (Å²) in [6.45, 7) is 1.99. The van der Waals surface area contributed by atoms with Crippen molar-refractivity contribution >= 4 is 0 Å². The highest BCUT2D eigenvalue weighted by molar-refractivity contribution is 5.71. The van der Waals surface area contributed by atoms with Crippen molar-refractivity contribution in [2.45, 2.75) is 25.9 Å². The highest BCUT2D eigenvalue weighted by Gasteiger charge is 2.34. The van der Waals surface area contributed by atoms with Gasteiger partial charge < -0.3 is 4.74 Å². The largest absolute Gasteiger partial charge is 0.429 e. The molecule has 5 aromatic carbocycles. The van der Waals surface area contributed by atoms with Gasteiger partial charge in [-0.25, -0.2) is 13.2 Å². The zero-order valence-corrected chi connectivity index (χ0v) is 22.8. The standard InChI is InChI=1S/C36H27F5O/c1-2-3-4-5-24-6-8-25(9-7-24)28-14-20-32(34(38)22-28)26-10-15-29(16-11-26)36(40,41)42-31-19-21-33(35(39)23-31)27-12-17-30(37)18-13-27/h2-3,6-23H,4-5H2,1H3/b3-2+. The SMILES string of the molecule is C/C=C/CCc1ccc(-c2ccc(-c3ccc(C(F)(F)Oc4ccc(-c5ccc(F)cc5)c(F)c4)cc3)c(F)c2)cc1. The summed E-state index contributed by atoms with van der Waals surface area (Å²) in [6, 6.07) is 26.4. The van der Waals surface area contributed by atoms with E-state index in [0.29, 0.717) is 16.7 Å². The third-order valence-electron chi connectivity index (χ3n) is 6.97. The fraction of sp³-hybridized carbons (Fsp3) is 0.111. The van der Waals surface area contributed by atoms with E-state index in [1.54, 1.807) is 12.1 Å². The Balaban J connectivity index is 1.29. The molecular weight excluding hydrogens is 543 g/mol. The molecule has 5 rings (SSSR count). The van der Waals surface area contributed by atoms with Gasteiger partial charge >= 0.3 is 6.11 Å². The molecule has 0 aromatic heterocycles. The molecule has 0 saturated carbocycles. The number of ether oxygens (including phenoxy) is 1.